The molecule has 4 heteroatoms. The number of piperidine rings is 1. The van der Waals surface area contributed by atoms with E-state index < -0.39 is 0 Å². The second kappa shape index (κ2) is 8.18. The first kappa shape index (κ1) is 16.8. The molecule has 0 spiro atoms. The highest BCUT2D eigenvalue weighted by molar-refractivity contribution is 5.99. The molecular formula is C18H29N3O. The van der Waals surface area contributed by atoms with Crippen LogP contribution in [0.1, 0.15) is 43.0 Å². The van der Waals surface area contributed by atoms with Crippen LogP contribution in [0.4, 0.5) is 5.69 Å². The van der Waals surface area contributed by atoms with Gasteiger partial charge in [0.25, 0.3) is 5.91 Å². The molecule has 1 aliphatic rings. The minimum atomic E-state index is 0.0795. The molecule has 0 bridgehead atoms. The number of nitrogens with two attached hydrogens (primary N) is 1. The highest BCUT2D eigenvalue weighted by atomic mass is 16.2. The predicted octanol–water partition coefficient (Wildman–Crippen LogP) is 2.85. The van der Waals surface area contributed by atoms with Gasteiger partial charge in [-0.15, -0.1) is 0 Å². The first-order chi connectivity index (χ1) is 10.6. The number of hydrogen-bond acceptors (Lipinski definition) is 3. The van der Waals surface area contributed by atoms with E-state index in [1.165, 1.54) is 19.4 Å². The third kappa shape index (κ3) is 4.47. The Balaban J connectivity index is 1.82. The summed E-state index contributed by atoms with van der Waals surface area (Å²) in [6.45, 7) is 6.25. The molecule has 1 saturated heterocycles. The Hall–Kier alpha value is -1.55. The van der Waals surface area contributed by atoms with Gasteiger partial charge in [0.05, 0.1) is 5.56 Å². The van der Waals surface area contributed by atoms with Crippen molar-refractivity contribution in [2.75, 3.05) is 39.0 Å². The van der Waals surface area contributed by atoms with E-state index in [2.05, 4.69) is 18.9 Å². The van der Waals surface area contributed by atoms with E-state index in [9.17, 15) is 4.79 Å². The van der Waals surface area contributed by atoms with Crippen LogP contribution in [-0.4, -0.2) is 48.9 Å². The number of benzene rings is 1. The molecule has 122 valence electrons. The molecule has 1 heterocycles. The van der Waals surface area contributed by atoms with Gasteiger partial charge in [-0.3, -0.25) is 4.79 Å². The molecule has 2 rings (SSSR count). The first-order valence-electron chi connectivity index (χ1n) is 8.44. The lowest BCUT2D eigenvalue weighted by Crippen LogP contribution is -2.41. The van der Waals surface area contributed by atoms with E-state index in [1.807, 2.05) is 23.1 Å². The molecule has 1 amide bonds. The van der Waals surface area contributed by atoms with E-state index in [-0.39, 0.29) is 5.91 Å². The van der Waals surface area contributed by atoms with Gasteiger partial charge in [0, 0.05) is 25.3 Å². The number of carbonyl (C=O) groups is 1. The molecule has 0 atom stereocenters. The van der Waals surface area contributed by atoms with Gasteiger partial charge in [0.2, 0.25) is 0 Å². The molecule has 4 nitrogen and oxygen atoms in total. The van der Waals surface area contributed by atoms with Crippen molar-refractivity contribution in [1.82, 2.24) is 9.80 Å². The van der Waals surface area contributed by atoms with E-state index in [1.54, 1.807) is 6.07 Å². The van der Waals surface area contributed by atoms with Crippen molar-refractivity contribution >= 4 is 11.6 Å². The van der Waals surface area contributed by atoms with E-state index in [4.69, 9.17) is 5.73 Å². The topological polar surface area (TPSA) is 49.6 Å². The summed E-state index contributed by atoms with van der Waals surface area (Å²) in [5.74, 6) is 0.787. The van der Waals surface area contributed by atoms with Crippen LogP contribution in [0.5, 0.6) is 0 Å². The van der Waals surface area contributed by atoms with E-state index in [0.29, 0.717) is 17.2 Å². The minimum absolute atomic E-state index is 0.0795. The summed E-state index contributed by atoms with van der Waals surface area (Å²) < 4.78 is 0. The summed E-state index contributed by atoms with van der Waals surface area (Å²) in [7, 11) is 2.21. The Labute approximate surface area is 134 Å². The van der Waals surface area contributed by atoms with Gasteiger partial charge in [-0.1, -0.05) is 25.5 Å². The van der Waals surface area contributed by atoms with Crippen molar-refractivity contribution in [3.8, 4) is 0 Å². The monoisotopic (exact) mass is 303 g/mol. The summed E-state index contributed by atoms with van der Waals surface area (Å²) in [6.07, 6.45) is 4.70. The van der Waals surface area contributed by atoms with Crippen LogP contribution in [-0.2, 0) is 0 Å². The molecule has 2 N–H and O–H groups in total. The zero-order valence-electron chi connectivity index (χ0n) is 13.9. The van der Waals surface area contributed by atoms with Crippen LogP contribution in [0, 0.1) is 5.92 Å². The molecule has 0 unspecified atom stereocenters. The Morgan fingerprint density at radius 3 is 2.64 bits per heavy atom. The van der Waals surface area contributed by atoms with Crippen molar-refractivity contribution in [2.45, 2.75) is 32.6 Å². The third-order valence-electron chi connectivity index (χ3n) is 4.56. The Bertz CT molecular complexity index is 481. The van der Waals surface area contributed by atoms with Gasteiger partial charge in [-0.05, 0) is 50.9 Å². The standard InChI is InChI=1S/C18H29N3O/c1-3-4-11-20(2)14-15-9-12-21(13-10-15)18(22)16-7-5-6-8-17(16)19/h5-8,15H,3-4,9-14,19H2,1-2H3. The number of hydrogen-bond donors (Lipinski definition) is 1. The number of nitrogen functional groups attached to an aromatic ring is 1. The molecule has 1 aliphatic heterocycles. The minimum Gasteiger partial charge on any atom is -0.398 e. The highest BCUT2D eigenvalue weighted by Gasteiger charge is 2.25. The normalized spacial score (nSPS) is 16.2. The zero-order valence-corrected chi connectivity index (χ0v) is 13.9. The number of carbonyl (C=O) groups excluding carboxylic acids is 1. The fraction of sp³-hybridized carbons (Fsp3) is 0.611. The van der Waals surface area contributed by atoms with Crippen LogP contribution in [0.2, 0.25) is 0 Å². The summed E-state index contributed by atoms with van der Waals surface area (Å²) in [4.78, 5) is 16.9. The Morgan fingerprint density at radius 2 is 2.00 bits per heavy atom. The maximum absolute atomic E-state index is 12.5. The molecule has 0 aromatic heterocycles. The smallest absolute Gasteiger partial charge is 0.255 e. The number of anilines is 1. The lowest BCUT2D eigenvalue weighted by molar-refractivity contribution is 0.0674. The molecule has 0 aliphatic carbocycles. The van der Waals surface area contributed by atoms with Gasteiger partial charge in [-0.2, -0.15) is 0 Å². The SMILES string of the molecule is CCCCN(C)CC1CCN(C(=O)c2ccccc2N)CC1. The number of para-hydroxylation sites is 1. The fourth-order valence-electron chi connectivity index (χ4n) is 3.14. The van der Waals surface area contributed by atoms with Crippen molar-refractivity contribution in [1.29, 1.82) is 0 Å². The molecule has 0 radical (unpaired) electrons. The van der Waals surface area contributed by atoms with Crippen LogP contribution in [0.15, 0.2) is 24.3 Å². The van der Waals surface area contributed by atoms with Crippen molar-refractivity contribution in [2.24, 2.45) is 5.92 Å². The highest BCUT2D eigenvalue weighted by Crippen LogP contribution is 2.21. The molecule has 22 heavy (non-hydrogen) atoms. The largest absolute Gasteiger partial charge is 0.398 e. The average Bonchev–Trinajstić information content (AvgIpc) is 2.53. The Kier molecular flexibility index (Phi) is 6.25. The van der Waals surface area contributed by atoms with Crippen molar-refractivity contribution < 1.29 is 4.79 Å². The third-order valence-corrected chi connectivity index (χ3v) is 4.56. The van der Waals surface area contributed by atoms with Gasteiger partial charge >= 0.3 is 0 Å². The Morgan fingerprint density at radius 1 is 1.32 bits per heavy atom. The maximum atomic E-state index is 12.5. The first-order valence-corrected chi connectivity index (χ1v) is 8.44. The number of nitrogens with zero attached hydrogens (tertiary/aromatic N) is 2. The quantitative estimate of drug-likeness (QED) is 0.822. The molecular weight excluding hydrogens is 274 g/mol. The van der Waals surface area contributed by atoms with E-state index in [0.717, 1.165) is 32.5 Å². The number of rotatable bonds is 6. The van der Waals surface area contributed by atoms with Gasteiger partial charge < -0.3 is 15.5 Å². The van der Waals surface area contributed by atoms with Crippen molar-refractivity contribution in [3.05, 3.63) is 29.8 Å². The fourth-order valence-corrected chi connectivity index (χ4v) is 3.14. The van der Waals surface area contributed by atoms with Crippen LogP contribution in [0.25, 0.3) is 0 Å². The summed E-state index contributed by atoms with van der Waals surface area (Å²) in [5.41, 5.74) is 7.13. The number of likely N-dealkylation sites (tertiary alicyclic amines) is 1. The van der Waals surface area contributed by atoms with Gasteiger partial charge in [0.1, 0.15) is 0 Å². The number of amides is 1. The van der Waals surface area contributed by atoms with E-state index >= 15 is 0 Å². The molecule has 1 aromatic rings. The van der Waals surface area contributed by atoms with Gasteiger partial charge in [-0.25, -0.2) is 0 Å². The van der Waals surface area contributed by atoms with Crippen LogP contribution in [0.3, 0.4) is 0 Å². The maximum Gasteiger partial charge on any atom is 0.255 e. The summed E-state index contributed by atoms with van der Waals surface area (Å²) >= 11 is 0. The number of unbranched alkanes of at least 4 members (excludes halogenated alkanes) is 1. The second-order valence-corrected chi connectivity index (χ2v) is 6.44. The summed E-state index contributed by atoms with van der Waals surface area (Å²) in [5, 5.41) is 0. The van der Waals surface area contributed by atoms with Crippen LogP contribution >= 0.6 is 0 Å². The predicted molar refractivity (Wildman–Crippen MR) is 91.9 cm³/mol. The molecule has 1 fully saturated rings. The molecule has 0 saturated carbocycles. The summed E-state index contributed by atoms with van der Waals surface area (Å²) in [6, 6.07) is 7.36. The lowest BCUT2D eigenvalue weighted by Gasteiger charge is -2.34. The van der Waals surface area contributed by atoms with Gasteiger partial charge in [0.15, 0.2) is 0 Å². The molecule has 1 aromatic carbocycles. The van der Waals surface area contributed by atoms with Crippen molar-refractivity contribution in [3.63, 3.8) is 0 Å². The van der Waals surface area contributed by atoms with Crippen LogP contribution < -0.4 is 5.73 Å². The lowest BCUT2D eigenvalue weighted by atomic mass is 9.95. The second-order valence-electron chi connectivity index (χ2n) is 6.44. The average molecular weight is 303 g/mol. The zero-order chi connectivity index (χ0) is 15.9.